The SMILES string of the molecule is C[Si]1(C)CCC(n2cccc2)CC1OC1CC1. The Bertz CT molecular complexity index is 370. The van der Waals surface area contributed by atoms with E-state index in [0.29, 0.717) is 17.9 Å². The summed E-state index contributed by atoms with van der Waals surface area (Å²) in [6, 6.07) is 6.35. The summed E-state index contributed by atoms with van der Waals surface area (Å²) in [4.78, 5) is 0. The van der Waals surface area contributed by atoms with Gasteiger partial charge in [0.05, 0.1) is 19.9 Å². The van der Waals surface area contributed by atoms with Crippen molar-refractivity contribution < 1.29 is 4.74 Å². The van der Waals surface area contributed by atoms with E-state index < -0.39 is 8.07 Å². The lowest BCUT2D eigenvalue weighted by molar-refractivity contribution is 0.0631. The van der Waals surface area contributed by atoms with Crippen molar-refractivity contribution in [1.82, 2.24) is 4.57 Å². The summed E-state index contributed by atoms with van der Waals surface area (Å²) in [7, 11) is -1.13. The van der Waals surface area contributed by atoms with Crippen LogP contribution in [0.2, 0.25) is 19.1 Å². The van der Waals surface area contributed by atoms with Gasteiger partial charge in [-0.2, -0.15) is 0 Å². The molecule has 0 spiro atoms. The normalized spacial score (nSPS) is 32.6. The monoisotopic (exact) mass is 249 g/mol. The molecule has 3 rings (SSSR count). The van der Waals surface area contributed by atoms with Crippen LogP contribution < -0.4 is 0 Å². The largest absolute Gasteiger partial charge is 0.378 e. The molecule has 2 fully saturated rings. The lowest BCUT2D eigenvalue weighted by atomic mass is 10.1. The Morgan fingerprint density at radius 2 is 1.82 bits per heavy atom. The van der Waals surface area contributed by atoms with Crippen LogP contribution in [0.3, 0.4) is 0 Å². The molecule has 2 atom stereocenters. The first-order valence-corrected chi connectivity index (χ1v) is 10.2. The van der Waals surface area contributed by atoms with Gasteiger partial charge in [-0.3, -0.25) is 0 Å². The van der Waals surface area contributed by atoms with Gasteiger partial charge in [0, 0.05) is 18.4 Å². The van der Waals surface area contributed by atoms with Crippen molar-refractivity contribution >= 4 is 8.07 Å². The fourth-order valence-corrected chi connectivity index (χ4v) is 5.79. The molecule has 1 aromatic heterocycles. The van der Waals surface area contributed by atoms with Gasteiger partial charge in [-0.05, 0) is 37.8 Å². The minimum atomic E-state index is -1.13. The number of rotatable bonds is 3. The van der Waals surface area contributed by atoms with Gasteiger partial charge in [0.2, 0.25) is 0 Å². The van der Waals surface area contributed by atoms with Gasteiger partial charge in [0.1, 0.15) is 0 Å². The minimum absolute atomic E-state index is 0.580. The predicted molar refractivity (Wildman–Crippen MR) is 72.9 cm³/mol. The molecule has 0 aromatic carbocycles. The summed E-state index contributed by atoms with van der Waals surface area (Å²) in [6.45, 7) is 5.01. The molecule has 3 heteroatoms. The Morgan fingerprint density at radius 1 is 1.12 bits per heavy atom. The zero-order valence-electron chi connectivity index (χ0n) is 10.9. The van der Waals surface area contributed by atoms with Gasteiger partial charge in [0.25, 0.3) is 0 Å². The molecule has 1 saturated carbocycles. The molecule has 1 aliphatic heterocycles. The van der Waals surface area contributed by atoms with Gasteiger partial charge in [0.15, 0.2) is 0 Å². The van der Waals surface area contributed by atoms with Crippen LogP contribution in [-0.4, -0.2) is 24.5 Å². The summed E-state index contributed by atoms with van der Waals surface area (Å²) >= 11 is 0. The van der Waals surface area contributed by atoms with Gasteiger partial charge < -0.3 is 9.30 Å². The van der Waals surface area contributed by atoms with E-state index in [1.807, 2.05) is 0 Å². The van der Waals surface area contributed by atoms with Crippen molar-refractivity contribution in [3.05, 3.63) is 24.5 Å². The number of hydrogen-bond acceptors (Lipinski definition) is 1. The predicted octanol–water partition coefficient (Wildman–Crippen LogP) is 3.62. The Balaban J connectivity index is 1.70. The number of hydrogen-bond donors (Lipinski definition) is 0. The second kappa shape index (κ2) is 4.29. The highest BCUT2D eigenvalue weighted by atomic mass is 28.3. The van der Waals surface area contributed by atoms with Crippen LogP contribution in [0.5, 0.6) is 0 Å². The lowest BCUT2D eigenvalue weighted by Gasteiger charge is -2.41. The molecule has 0 amide bonds. The molecule has 17 heavy (non-hydrogen) atoms. The molecule has 1 aromatic rings. The van der Waals surface area contributed by atoms with Crippen LogP contribution in [0.15, 0.2) is 24.5 Å². The minimum Gasteiger partial charge on any atom is -0.378 e. The summed E-state index contributed by atoms with van der Waals surface area (Å²) in [6.07, 6.45) is 10.2. The maximum Gasteiger partial charge on any atom is 0.0817 e. The average Bonchev–Trinajstić information content (AvgIpc) is 2.93. The summed E-state index contributed by atoms with van der Waals surface area (Å²) < 4.78 is 8.68. The fourth-order valence-electron chi connectivity index (χ4n) is 2.92. The Labute approximate surface area is 105 Å². The van der Waals surface area contributed by atoms with Gasteiger partial charge >= 0.3 is 0 Å². The Kier molecular flexibility index (Phi) is 2.91. The highest BCUT2D eigenvalue weighted by Crippen LogP contribution is 2.39. The third kappa shape index (κ3) is 2.50. The quantitative estimate of drug-likeness (QED) is 0.746. The highest BCUT2D eigenvalue weighted by Gasteiger charge is 2.42. The van der Waals surface area contributed by atoms with E-state index in [-0.39, 0.29) is 0 Å². The molecule has 1 aliphatic carbocycles. The molecule has 0 radical (unpaired) electrons. The third-order valence-electron chi connectivity index (χ3n) is 4.41. The lowest BCUT2D eigenvalue weighted by Crippen LogP contribution is -2.48. The van der Waals surface area contributed by atoms with Crippen molar-refractivity contribution in [2.45, 2.75) is 62.7 Å². The first-order chi connectivity index (χ1) is 8.15. The van der Waals surface area contributed by atoms with E-state index >= 15 is 0 Å². The summed E-state index contributed by atoms with van der Waals surface area (Å²) in [5, 5.41) is 0. The fraction of sp³-hybridized carbons (Fsp3) is 0.714. The van der Waals surface area contributed by atoms with Gasteiger partial charge in [-0.15, -0.1) is 0 Å². The Morgan fingerprint density at radius 3 is 2.47 bits per heavy atom. The van der Waals surface area contributed by atoms with Crippen LogP contribution >= 0.6 is 0 Å². The van der Waals surface area contributed by atoms with Crippen molar-refractivity contribution in [2.24, 2.45) is 0 Å². The molecule has 2 unspecified atom stereocenters. The zero-order valence-corrected chi connectivity index (χ0v) is 11.9. The second-order valence-corrected chi connectivity index (χ2v) is 11.5. The second-order valence-electron chi connectivity index (χ2n) is 6.37. The molecular weight excluding hydrogens is 226 g/mol. The molecule has 2 aliphatic rings. The molecule has 2 nitrogen and oxygen atoms in total. The van der Waals surface area contributed by atoms with Gasteiger partial charge in [-0.25, -0.2) is 0 Å². The smallest absolute Gasteiger partial charge is 0.0817 e. The van der Waals surface area contributed by atoms with Crippen molar-refractivity contribution in [1.29, 1.82) is 0 Å². The standard InChI is InChI=1S/C14H23NOSi/c1-17(2)10-7-12(15-8-3-4-9-15)11-14(17)16-13-5-6-13/h3-4,8-9,12-14H,5-7,10-11H2,1-2H3. The summed E-state index contributed by atoms with van der Waals surface area (Å²) in [5.74, 6) is 0. The van der Waals surface area contributed by atoms with E-state index in [1.54, 1.807) is 0 Å². The van der Waals surface area contributed by atoms with E-state index in [4.69, 9.17) is 4.74 Å². The van der Waals surface area contributed by atoms with Crippen molar-refractivity contribution in [2.75, 3.05) is 0 Å². The van der Waals surface area contributed by atoms with Gasteiger partial charge in [-0.1, -0.05) is 19.1 Å². The highest BCUT2D eigenvalue weighted by molar-refractivity contribution is 6.78. The zero-order chi connectivity index (χ0) is 11.9. The van der Waals surface area contributed by atoms with Crippen molar-refractivity contribution in [3.8, 4) is 0 Å². The van der Waals surface area contributed by atoms with Crippen LogP contribution in [0.25, 0.3) is 0 Å². The number of aromatic nitrogens is 1. The summed E-state index contributed by atoms with van der Waals surface area (Å²) in [5.41, 5.74) is 0.580. The van der Waals surface area contributed by atoms with E-state index in [0.717, 1.165) is 0 Å². The van der Waals surface area contributed by atoms with E-state index in [1.165, 1.54) is 31.7 Å². The van der Waals surface area contributed by atoms with Crippen LogP contribution in [0.4, 0.5) is 0 Å². The molecule has 2 heterocycles. The number of ether oxygens (including phenoxy) is 1. The van der Waals surface area contributed by atoms with Crippen LogP contribution in [0.1, 0.15) is 31.7 Å². The molecular formula is C14H23NOSi. The van der Waals surface area contributed by atoms with E-state index in [2.05, 4.69) is 42.2 Å². The van der Waals surface area contributed by atoms with E-state index in [9.17, 15) is 0 Å². The Hall–Kier alpha value is -0.543. The van der Waals surface area contributed by atoms with Crippen LogP contribution in [-0.2, 0) is 4.74 Å². The molecule has 0 bridgehead atoms. The first kappa shape index (κ1) is 11.5. The topological polar surface area (TPSA) is 14.2 Å². The van der Waals surface area contributed by atoms with Crippen molar-refractivity contribution in [3.63, 3.8) is 0 Å². The maximum atomic E-state index is 6.29. The first-order valence-electron chi connectivity index (χ1n) is 6.93. The molecule has 94 valence electrons. The average molecular weight is 249 g/mol. The number of nitrogens with zero attached hydrogens (tertiary/aromatic N) is 1. The molecule has 0 N–H and O–H groups in total. The maximum absolute atomic E-state index is 6.29. The third-order valence-corrected chi connectivity index (χ3v) is 8.10. The van der Waals surface area contributed by atoms with Crippen LogP contribution in [0, 0.1) is 0 Å². The molecule has 1 saturated heterocycles.